The number of fused-ring (bicyclic) bond motifs is 2. The summed E-state index contributed by atoms with van der Waals surface area (Å²) < 4.78 is 16.7. The van der Waals surface area contributed by atoms with E-state index in [0.29, 0.717) is 16.5 Å². The molecule has 38 heavy (non-hydrogen) atoms. The second-order valence-electron chi connectivity index (χ2n) is 8.67. The maximum atomic E-state index is 13.2. The topological polar surface area (TPSA) is 115 Å². The summed E-state index contributed by atoms with van der Waals surface area (Å²) in [6.45, 7) is 1.82. The second kappa shape index (κ2) is 10.5. The molecular formula is C30H23NO7. The van der Waals surface area contributed by atoms with Crippen LogP contribution < -0.4 is 15.5 Å². The van der Waals surface area contributed by atoms with Gasteiger partial charge in [-0.05, 0) is 29.7 Å². The van der Waals surface area contributed by atoms with Crippen LogP contribution in [0.3, 0.4) is 0 Å². The number of aromatic hydroxyl groups is 1. The van der Waals surface area contributed by atoms with Crippen LogP contribution >= 0.6 is 0 Å². The summed E-state index contributed by atoms with van der Waals surface area (Å²) in [5, 5.41) is 13.5. The summed E-state index contributed by atoms with van der Waals surface area (Å²) >= 11 is 0. The standard InChI is InChI=1S/C30H23NO7/c1-18-9-8-14-22-27(33)25-23(32)15-21(16-24(25)38-28(18)22)37-29(34)26(20-12-6-3-7-13-20)31-30(35)36-17-19-10-4-2-5-11-19/h2-16,26,32H,17H2,1H3,(H,31,35)/t26-/m0/s1. The molecule has 0 aliphatic rings. The van der Waals surface area contributed by atoms with Crippen molar-refractivity contribution in [1.82, 2.24) is 5.32 Å². The fourth-order valence-electron chi connectivity index (χ4n) is 4.14. The fourth-order valence-corrected chi connectivity index (χ4v) is 4.14. The van der Waals surface area contributed by atoms with Gasteiger partial charge in [-0.15, -0.1) is 0 Å². The van der Waals surface area contributed by atoms with Gasteiger partial charge in [0.1, 0.15) is 34.7 Å². The van der Waals surface area contributed by atoms with Gasteiger partial charge < -0.3 is 24.3 Å². The number of aryl methyl sites for hydroxylation is 1. The molecule has 1 heterocycles. The van der Waals surface area contributed by atoms with Crippen LogP contribution in [0.5, 0.6) is 11.5 Å². The zero-order valence-electron chi connectivity index (χ0n) is 20.3. The van der Waals surface area contributed by atoms with Crippen molar-refractivity contribution in [3.8, 4) is 11.5 Å². The first-order valence-corrected chi connectivity index (χ1v) is 11.8. The summed E-state index contributed by atoms with van der Waals surface area (Å²) in [6.07, 6.45) is -0.811. The second-order valence-corrected chi connectivity index (χ2v) is 8.67. The molecule has 5 aromatic rings. The van der Waals surface area contributed by atoms with E-state index in [2.05, 4.69) is 5.32 Å². The van der Waals surface area contributed by atoms with Crippen molar-refractivity contribution in [2.45, 2.75) is 19.6 Å². The van der Waals surface area contributed by atoms with Crippen molar-refractivity contribution in [1.29, 1.82) is 0 Å². The van der Waals surface area contributed by atoms with Crippen molar-refractivity contribution in [3.05, 3.63) is 118 Å². The van der Waals surface area contributed by atoms with Crippen molar-refractivity contribution >= 4 is 34.0 Å². The van der Waals surface area contributed by atoms with E-state index in [9.17, 15) is 19.5 Å². The average Bonchev–Trinajstić information content (AvgIpc) is 2.92. The Hall–Kier alpha value is -5.11. The Morgan fingerprint density at radius 2 is 1.66 bits per heavy atom. The van der Waals surface area contributed by atoms with Crippen LogP contribution in [0, 0.1) is 6.92 Å². The number of hydrogen-bond donors (Lipinski definition) is 2. The Morgan fingerprint density at radius 1 is 0.947 bits per heavy atom. The summed E-state index contributed by atoms with van der Waals surface area (Å²) in [5.41, 5.74) is 2.03. The lowest BCUT2D eigenvalue weighted by Gasteiger charge is -2.18. The van der Waals surface area contributed by atoms with Crippen LogP contribution in [0.1, 0.15) is 22.7 Å². The van der Waals surface area contributed by atoms with Gasteiger partial charge in [0.25, 0.3) is 0 Å². The molecule has 0 fully saturated rings. The van der Waals surface area contributed by atoms with E-state index in [4.69, 9.17) is 13.9 Å². The molecule has 0 radical (unpaired) electrons. The van der Waals surface area contributed by atoms with E-state index < -0.39 is 29.3 Å². The molecule has 0 aliphatic heterocycles. The van der Waals surface area contributed by atoms with Crippen LogP contribution in [0.25, 0.3) is 21.9 Å². The minimum absolute atomic E-state index is 0.0220. The highest BCUT2D eigenvalue weighted by molar-refractivity contribution is 5.95. The number of nitrogens with one attached hydrogen (secondary N) is 1. The number of ether oxygens (including phenoxy) is 2. The number of phenols is 1. The van der Waals surface area contributed by atoms with E-state index in [1.807, 2.05) is 30.3 Å². The van der Waals surface area contributed by atoms with Gasteiger partial charge in [0, 0.05) is 12.1 Å². The molecule has 2 N–H and O–H groups in total. The molecule has 1 amide bonds. The highest BCUT2D eigenvalue weighted by Crippen LogP contribution is 2.32. The smallest absolute Gasteiger partial charge is 0.408 e. The van der Waals surface area contributed by atoms with Gasteiger partial charge >= 0.3 is 12.1 Å². The van der Waals surface area contributed by atoms with Gasteiger partial charge in [-0.2, -0.15) is 0 Å². The van der Waals surface area contributed by atoms with Gasteiger partial charge in [-0.1, -0.05) is 72.8 Å². The fraction of sp³-hybridized carbons (Fsp3) is 0.100. The maximum absolute atomic E-state index is 13.2. The van der Waals surface area contributed by atoms with E-state index in [1.54, 1.807) is 55.5 Å². The number of phenolic OH excluding ortho intramolecular Hbond substituents is 1. The van der Waals surface area contributed by atoms with Gasteiger partial charge in [0.05, 0.1) is 5.39 Å². The van der Waals surface area contributed by atoms with Crippen molar-refractivity contribution < 1.29 is 28.6 Å². The molecule has 4 aromatic carbocycles. The number of hydrogen-bond acceptors (Lipinski definition) is 7. The summed E-state index contributed by atoms with van der Waals surface area (Å²) in [4.78, 5) is 38.8. The lowest BCUT2D eigenvalue weighted by molar-refractivity contribution is -0.136. The first kappa shape index (κ1) is 24.6. The molecule has 0 aliphatic carbocycles. The normalized spacial score (nSPS) is 11.7. The number of rotatable bonds is 6. The largest absolute Gasteiger partial charge is 0.507 e. The SMILES string of the molecule is Cc1cccc2c(=O)c3c(O)cc(OC(=O)[C@@H](NC(=O)OCc4ccccc4)c4ccccc4)cc3oc12. The minimum atomic E-state index is -1.21. The number of carbonyl (C=O) groups excluding carboxylic acids is 2. The van der Waals surface area contributed by atoms with E-state index in [0.717, 1.165) is 17.2 Å². The summed E-state index contributed by atoms with van der Waals surface area (Å²) in [5.74, 6) is -1.28. The minimum Gasteiger partial charge on any atom is -0.507 e. The molecule has 8 heteroatoms. The van der Waals surface area contributed by atoms with Crippen LogP contribution in [0.2, 0.25) is 0 Å². The number of para-hydroxylation sites is 1. The van der Waals surface area contributed by atoms with Crippen LogP contribution in [-0.4, -0.2) is 17.2 Å². The third-order valence-corrected chi connectivity index (χ3v) is 6.01. The van der Waals surface area contributed by atoms with E-state index in [1.165, 1.54) is 6.07 Å². The zero-order chi connectivity index (χ0) is 26.6. The molecule has 8 nitrogen and oxygen atoms in total. The van der Waals surface area contributed by atoms with Gasteiger partial charge in [-0.3, -0.25) is 4.79 Å². The molecule has 1 aromatic heterocycles. The first-order valence-electron chi connectivity index (χ1n) is 11.8. The van der Waals surface area contributed by atoms with Crippen LogP contribution in [0.15, 0.2) is 100 Å². The van der Waals surface area contributed by atoms with Crippen LogP contribution in [0.4, 0.5) is 4.79 Å². The van der Waals surface area contributed by atoms with Crippen LogP contribution in [-0.2, 0) is 16.1 Å². The molecule has 190 valence electrons. The number of esters is 1. The Balaban J connectivity index is 1.42. The highest BCUT2D eigenvalue weighted by Gasteiger charge is 2.26. The van der Waals surface area contributed by atoms with Gasteiger partial charge in [-0.25, -0.2) is 9.59 Å². The number of carbonyl (C=O) groups is 2. The first-order chi connectivity index (χ1) is 18.4. The predicted octanol–water partition coefficient (Wildman–Crippen LogP) is 5.53. The lowest BCUT2D eigenvalue weighted by Crippen LogP contribution is -2.36. The Bertz CT molecular complexity index is 1700. The van der Waals surface area contributed by atoms with Crippen molar-refractivity contribution in [3.63, 3.8) is 0 Å². The lowest BCUT2D eigenvalue weighted by atomic mass is 10.1. The molecule has 0 unspecified atom stereocenters. The third-order valence-electron chi connectivity index (χ3n) is 6.01. The van der Waals surface area contributed by atoms with Crippen molar-refractivity contribution in [2.24, 2.45) is 0 Å². The van der Waals surface area contributed by atoms with Gasteiger partial charge in [0.2, 0.25) is 5.43 Å². The Morgan fingerprint density at radius 3 is 2.39 bits per heavy atom. The molecule has 5 rings (SSSR count). The molecule has 0 saturated carbocycles. The average molecular weight is 510 g/mol. The maximum Gasteiger partial charge on any atom is 0.408 e. The predicted molar refractivity (Wildman–Crippen MR) is 141 cm³/mol. The summed E-state index contributed by atoms with van der Waals surface area (Å²) in [6, 6.07) is 24.1. The number of amides is 1. The monoisotopic (exact) mass is 509 g/mol. The molecule has 0 spiro atoms. The highest BCUT2D eigenvalue weighted by atomic mass is 16.6. The molecular weight excluding hydrogens is 486 g/mol. The van der Waals surface area contributed by atoms with Gasteiger partial charge in [0.15, 0.2) is 6.04 Å². The molecule has 0 saturated heterocycles. The Kier molecular flexibility index (Phi) is 6.78. The van der Waals surface area contributed by atoms with Crippen molar-refractivity contribution in [2.75, 3.05) is 0 Å². The molecule has 0 bridgehead atoms. The molecule has 1 atom stereocenters. The third kappa shape index (κ3) is 5.05. The zero-order valence-corrected chi connectivity index (χ0v) is 20.3. The number of alkyl carbamates (subject to hydrolysis) is 1. The van der Waals surface area contributed by atoms with E-state index >= 15 is 0 Å². The van der Waals surface area contributed by atoms with E-state index in [-0.39, 0.29) is 23.3 Å². The quantitative estimate of drug-likeness (QED) is 0.176. The number of benzene rings is 4. The Labute approximate surface area is 217 Å². The summed E-state index contributed by atoms with van der Waals surface area (Å²) in [7, 11) is 0.